The summed E-state index contributed by atoms with van der Waals surface area (Å²) in [6, 6.07) is 35.7. The van der Waals surface area contributed by atoms with Crippen molar-refractivity contribution >= 4 is 22.7 Å². The van der Waals surface area contributed by atoms with Crippen LogP contribution in [0.25, 0.3) is 0 Å². The predicted molar refractivity (Wildman–Crippen MR) is 138 cm³/mol. The molecule has 0 saturated carbocycles. The van der Waals surface area contributed by atoms with E-state index in [1.807, 2.05) is 0 Å². The Bertz CT molecular complexity index is 1280. The molecule has 4 aromatic carbocycles. The van der Waals surface area contributed by atoms with Crippen molar-refractivity contribution in [3.63, 3.8) is 0 Å². The fraction of sp³-hybridized carbons (Fsp3) is 0.133. The summed E-state index contributed by atoms with van der Waals surface area (Å²) in [4.78, 5) is 10.2. The Hall–Kier alpha value is -4.18. The second-order valence-corrected chi connectivity index (χ2v) is 9.51. The summed E-state index contributed by atoms with van der Waals surface area (Å²) in [6.07, 6.45) is 0. The number of hydrogen-bond acceptors (Lipinski definition) is 4. The number of benzene rings is 4. The first-order valence-electron chi connectivity index (χ1n) is 12.0. The molecule has 0 N–H and O–H groups in total. The van der Waals surface area contributed by atoms with Gasteiger partial charge in [-0.2, -0.15) is 0 Å². The standard InChI is InChI=1S/C30H24N4/c1-2-10-22-18-32-27-15-7-8-16-28(27)34-20-24-12-4-3-11-23(24)19-33-26-14-6-5-13-25(26)31(17-21(22)9-1)29(33)30(32)34/h1-16H,17-20H2. The Morgan fingerprint density at radius 1 is 0.324 bits per heavy atom. The lowest BCUT2D eigenvalue weighted by molar-refractivity contribution is 0.733. The van der Waals surface area contributed by atoms with Crippen molar-refractivity contribution in [3.05, 3.63) is 131 Å². The zero-order valence-electron chi connectivity index (χ0n) is 18.9. The minimum Gasteiger partial charge on any atom is -0.318 e. The van der Waals surface area contributed by atoms with Crippen molar-refractivity contribution in [2.75, 3.05) is 19.6 Å². The molecule has 4 aromatic rings. The first kappa shape index (κ1) is 18.3. The lowest BCUT2D eigenvalue weighted by atomic mass is 10.0. The molecule has 0 saturated heterocycles. The fourth-order valence-corrected chi connectivity index (χ4v) is 6.13. The Morgan fingerprint density at radius 3 is 0.824 bits per heavy atom. The Morgan fingerprint density at radius 2 is 0.559 bits per heavy atom. The van der Waals surface area contributed by atoms with E-state index in [9.17, 15) is 0 Å². The molecule has 34 heavy (non-hydrogen) atoms. The predicted octanol–water partition coefficient (Wildman–Crippen LogP) is 6.19. The molecule has 0 aromatic heterocycles. The van der Waals surface area contributed by atoms with Gasteiger partial charge in [0.25, 0.3) is 0 Å². The first-order valence-corrected chi connectivity index (χ1v) is 12.0. The molecule has 4 aliphatic heterocycles. The molecule has 0 radical (unpaired) electrons. The number of nitrogens with zero attached hydrogens (tertiary/aromatic N) is 4. The maximum Gasteiger partial charge on any atom is 0.156 e. The van der Waals surface area contributed by atoms with E-state index in [0.29, 0.717) is 0 Å². The van der Waals surface area contributed by atoms with E-state index in [2.05, 4.69) is 117 Å². The monoisotopic (exact) mass is 440 g/mol. The van der Waals surface area contributed by atoms with E-state index < -0.39 is 0 Å². The van der Waals surface area contributed by atoms with Gasteiger partial charge in [-0.3, -0.25) is 0 Å². The highest BCUT2D eigenvalue weighted by molar-refractivity contribution is 5.89. The van der Waals surface area contributed by atoms with Gasteiger partial charge in [0.1, 0.15) is 0 Å². The molecule has 4 heteroatoms. The average Bonchev–Trinajstić information content (AvgIpc) is 3.30. The van der Waals surface area contributed by atoms with E-state index >= 15 is 0 Å². The van der Waals surface area contributed by atoms with Crippen molar-refractivity contribution in [1.82, 2.24) is 0 Å². The molecule has 0 fully saturated rings. The van der Waals surface area contributed by atoms with Gasteiger partial charge in [-0.1, -0.05) is 72.8 Å². The molecule has 8 rings (SSSR count). The van der Waals surface area contributed by atoms with Crippen LogP contribution in [0.5, 0.6) is 0 Å². The molecule has 164 valence electrons. The maximum atomic E-state index is 2.54. The number of rotatable bonds is 0. The fourth-order valence-electron chi connectivity index (χ4n) is 6.13. The third kappa shape index (κ3) is 2.37. The van der Waals surface area contributed by atoms with Crippen molar-refractivity contribution in [1.29, 1.82) is 0 Å². The van der Waals surface area contributed by atoms with Crippen LogP contribution in [0.2, 0.25) is 0 Å². The normalized spacial score (nSPS) is 17.2. The SMILES string of the molecule is c1ccc2c(c1)CN1C3=C4N(C2)c2ccccc2N4Cc2ccccc2CN3c2ccccc21. The molecule has 0 bridgehead atoms. The van der Waals surface area contributed by atoms with Gasteiger partial charge in [-0.05, 0) is 46.5 Å². The van der Waals surface area contributed by atoms with Crippen LogP contribution in [-0.4, -0.2) is 0 Å². The van der Waals surface area contributed by atoms with Crippen LogP contribution >= 0.6 is 0 Å². The molecule has 0 amide bonds. The van der Waals surface area contributed by atoms with E-state index in [1.165, 1.54) is 56.6 Å². The maximum absolute atomic E-state index is 2.54. The van der Waals surface area contributed by atoms with Crippen molar-refractivity contribution in [2.24, 2.45) is 0 Å². The third-order valence-electron chi connectivity index (χ3n) is 7.70. The summed E-state index contributed by atoms with van der Waals surface area (Å²) in [7, 11) is 0. The van der Waals surface area contributed by atoms with Crippen molar-refractivity contribution in [3.8, 4) is 0 Å². The molecule has 0 unspecified atom stereocenters. The van der Waals surface area contributed by atoms with Crippen LogP contribution in [0.1, 0.15) is 22.3 Å². The van der Waals surface area contributed by atoms with Gasteiger partial charge in [0.05, 0.1) is 48.9 Å². The van der Waals surface area contributed by atoms with Crippen LogP contribution in [0, 0.1) is 0 Å². The third-order valence-corrected chi connectivity index (χ3v) is 7.70. The van der Waals surface area contributed by atoms with E-state index in [-0.39, 0.29) is 0 Å². The van der Waals surface area contributed by atoms with E-state index in [1.54, 1.807) is 0 Å². The van der Waals surface area contributed by atoms with E-state index in [4.69, 9.17) is 0 Å². The molecular weight excluding hydrogens is 416 g/mol. The van der Waals surface area contributed by atoms with Crippen LogP contribution in [0.4, 0.5) is 22.7 Å². The zero-order valence-corrected chi connectivity index (χ0v) is 18.9. The van der Waals surface area contributed by atoms with Gasteiger partial charge in [0.15, 0.2) is 11.6 Å². The Kier molecular flexibility index (Phi) is 3.59. The highest BCUT2D eigenvalue weighted by Crippen LogP contribution is 2.52. The highest BCUT2D eigenvalue weighted by atomic mass is 15.5. The lowest BCUT2D eigenvalue weighted by Crippen LogP contribution is -2.41. The second kappa shape index (κ2) is 6.67. The Labute approximate surface area is 199 Å². The van der Waals surface area contributed by atoms with Gasteiger partial charge in [-0.15, -0.1) is 0 Å². The van der Waals surface area contributed by atoms with Gasteiger partial charge < -0.3 is 19.6 Å². The highest BCUT2D eigenvalue weighted by Gasteiger charge is 2.44. The summed E-state index contributed by atoms with van der Waals surface area (Å²) < 4.78 is 0. The van der Waals surface area contributed by atoms with Crippen LogP contribution in [0.15, 0.2) is 109 Å². The average molecular weight is 441 g/mol. The Balaban J connectivity index is 1.47. The number of para-hydroxylation sites is 4. The van der Waals surface area contributed by atoms with Gasteiger partial charge in [0, 0.05) is 0 Å². The number of fused-ring (bicyclic) bond motifs is 8. The number of anilines is 4. The summed E-state index contributed by atoms with van der Waals surface area (Å²) in [5.74, 6) is 2.59. The summed E-state index contributed by atoms with van der Waals surface area (Å²) in [5, 5.41) is 0. The molecule has 0 aliphatic carbocycles. The lowest BCUT2D eigenvalue weighted by Gasteiger charge is -2.38. The second-order valence-electron chi connectivity index (χ2n) is 9.51. The molecule has 4 nitrogen and oxygen atoms in total. The smallest absolute Gasteiger partial charge is 0.156 e. The summed E-state index contributed by atoms with van der Waals surface area (Å²) in [6.45, 7) is 3.51. The molecule has 4 aliphatic rings. The molecule has 4 heterocycles. The molecule has 0 spiro atoms. The number of hydrogen-bond donors (Lipinski definition) is 0. The largest absolute Gasteiger partial charge is 0.318 e. The van der Waals surface area contributed by atoms with Crippen molar-refractivity contribution in [2.45, 2.75) is 26.2 Å². The van der Waals surface area contributed by atoms with E-state index in [0.717, 1.165) is 26.2 Å². The topological polar surface area (TPSA) is 13.0 Å². The van der Waals surface area contributed by atoms with Gasteiger partial charge in [-0.25, -0.2) is 0 Å². The quantitative estimate of drug-likeness (QED) is 0.323. The zero-order chi connectivity index (χ0) is 22.2. The van der Waals surface area contributed by atoms with Crippen molar-refractivity contribution < 1.29 is 0 Å². The van der Waals surface area contributed by atoms with Gasteiger partial charge in [0.2, 0.25) is 0 Å². The first-order chi connectivity index (χ1) is 16.9. The minimum absolute atomic E-state index is 0.877. The van der Waals surface area contributed by atoms with Crippen LogP contribution in [-0.2, 0) is 26.2 Å². The van der Waals surface area contributed by atoms with Gasteiger partial charge >= 0.3 is 0 Å². The molecular formula is C30H24N4. The van der Waals surface area contributed by atoms with Crippen LogP contribution in [0.3, 0.4) is 0 Å². The summed E-state index contributed by atoms with van der Waals surface area (Å²) in [5.41, 5.74) is 10.7. The van der Waals surface area contributed by atoms with Crippen LogP contribution < -0.4 is 19.6 Å². The molecule has 0 atom stereocenters. The minimum atomic E-state index is 0.877. The summed E-state index contributed by atoms with van der Waals surface area (Å²) >= 11 is 0.